The Morgan fingerprint density at radius 2 is 1.95 bits per heavy atom. The number of ketones is 1. The second-order valence-corrected chi connectivity index (χ2v) is 5.33. The Balaban J connectivity index is 2.11. The Morgan fingerprint density at radius 3 is 2.58 bits per heavy atom. The van der Waals surface area contributed by atoms with Crippen LogP contribution in [0.2, 0.25) is 0 Å². The topological polar surface area (TPSA) is 57.0 Å². The van der Waals surface area contributed by atoms with Crippen LogP contribution in [0.4, 0.5) is 0 Å². The molecule has 0 N–H and O–H groups in total. The van der Waals surface area contributed by atoms with Gasteiger partial charge in [0.15, 0.2) is 11.5 Å². The van der Waals surface area contributed by atoms with Gasteiger partial charge in [-0.2, -0.15) is 0 Å². The summed E-state index contributed by atoms with van der Waals surface area (Å²) in [6.45, 7) is 5.90. The summed E-state index contributed by atoms with van der Waals surface area (Å²) in [4.78, 5) is 18.9. The highest BCUT2D eigenvalue weighted by atomic mass is 16.7. The summed E-state index contributed by atoms with van der Waals surface area (Å²) in [7, 11) is 0. The average molecular weight is 259 g/mol. The summed E-state index contributed by atoms with van der Waals surface area (Å²) >= 11 is 0. The number of nitrogens with zero attached hydrogens (tertiary/aromatic N) is 3. The third-order valence-corrected chi connectivity index (χ3v) is 2.63. The number of benzene rings is 1. The monoisotopic (exact) mass is 259 g/mol. The predicted molar refractivity (Wildman–Crippen MR) is 70.5 cm³/mol. The number of hydrogen-bond acceptors (Lipinski definition) is 4. The number of rotatable bonds is 4. The second kappa shape index (κ2) is 5.22. The van der Waals surface area contributed by atoms with Gasteiger partial charge in [-0.05, 0) is 10.8 Å². The van der Waals surface area contributed by atoms with Crippen molar-refractivity contribution in [1.82, 2.24) is 15.2 Å². The highest BCUT2D eigenvalue weighted by molar-refractivity contribution is 5.97. The maximum atomic E-state index is 12.2. The molecule has 0 bridgehead atoms. The lowest BCUT2D eigenvalue weighted by Crippen LogP contribution is -2.26. The van der Waals surface area contributed by atoms with Crippen molar-refractivity contribution in [3.05, 3.63) is 47.8 Å². The fourth-order valence-corrected chi connectivity index (χ4v) is 1.56. The summed E-state index contributed by atoms with van der Waals surface area (Å²) in [6, 6.07) is 9.69. The summed E-state index contributed by atoms with van der Waals surface area (Å²) in [5.41, 5.74) is 0.880. The molecule has 19 heavy (non-hydrogen) atoms. The molecule has 0 aliphatic heterocycles. The molecule has 0 spiro atoms. The van der Waals surface area contributed by atoms with Crippen LogP contribution in [0.3, 0.4) is 0 Å². The van der Waals surface area contributed by atoms with Crippen LogP contribution in [0.1, 0.15) is 36.8 Å². The van der Waals surface area contributed by atoms with E-state index in [0.29, 0.717) is 12.3 Å². The summed E-state index contributed by atoms with van der Waals surface area (Å²) < 4.78 is 0. The van der Waals surface area contributed by atoms with E-state index in [1.807, 2.05) is 51.1 Å². The molecule has 0 amide bonds. The van der Waals surface area contributed by atoms with E-state index in [1.165, 1.54) is 11.0 Å². The molecule has 1 aromatic heterocycles. The van der Waals surface area contributed by atoms with Crippen molar-refractivity contribution in [3.63, 3.8) is 0 Å². The lowest BCUT2D eigenvalue weighted by molar-refractivity contribution is 0.0523. The van der Waals surface area contributed by atoms with Crippen molar-refractivity contribution in [3.8, 4) is 0 Å². The molecule has 1 heterocycles. The third kappa shape index (κ3) is 3.19. The van der Waals surface area contributed by atoms with Gasteiger partial charge in [0.1, 0.15) is 6.61 Å². The molecule has 2 rings (SSSR count). The Morgan fingerprint density at radius 1 is 1.26 bits per heavy atom. The highest BCUT2D eigenvalue weighted by Crippen LogP contribution is 2.19. The summed E-state index contributed by atoms with van der Waals surface area (Å²) in [5, 5.41) is 7.53. The zero-order chi connectivity index (χ0) is 13.9. The lowest BCUT2D eigenvalue weighted by Gasteiger charge is -2.16. The summed E-state index contributed by atoms with van der Waals surface area (Å²) in [6.07, 6.45) is 1.43. The zero-order valence-electron chi connectivity index (χ0n) is 11.3. The smallest absolute Gasteiger partial charge is 0.191 e. The minimum atomic E-state index is -0.491. The van der Waals surface area contributed by atoms with Crippen LogP contribution in [0.5, 0.6) is 0 Å². The van der Waals surface area contributed by atoms with Gasteiger partial charge in [0, 0.05) is 5.41 Å². The molecule has 0 aliphatic rings. The first-order chi connectivity index (χ1) is 8.98. The van der Waals surface area contributed by atoms with Crippen molar-refractivity contribution in [1.29, 1.82) is 0 Å². The third-order valence-electron chi connectivity index (χ3n) is 2.63. The highest BCUT2D eigenvalue weighted by Gasteiger charge is 2.27. The van der Waals surface area contributed by atoms with Gasteiger partial charge in [0.05, 0.1) is 6.20 Å². The van der Waals surface area contributed by atoms with Crippen LogP contribution in [-0.2, 0) is 6.61 Å². The first-order valence-corrected chi connectivity index (χ1v) is 6.11. The van der Waals surface area contributed by atoms with Gasteiger partial charge >= 0.3 is 0 Å². The van der Waals surface area contributed by atoms with Gasteiger partial charge in [0.25, 0.3) is 0 Å². The number of carbonyl (C=O) groups is 1. The minimum Gasteiger partial charge on any atom is -0.390 e. The summed E-state index contributed by atoms with van der Waals surface area (Å²) in [5.74, 6) is -0.0504. The predicted octanol–water partition coefficient (Wildman–Crippen LogP) is 2.14. The maximum Gasteiger partial charge on any atom is 0.191 e. The molecule has 5 nitrogen and oxygen atoms in total. The Labute approximate surface area is 112 Å². The number of carbonyl (C=O) groups excluding carboxylic acids is 1. The molecule has 5 heteroatoms. The van der Waals surface area contributed by atoms with E-state index in [4.69, 9.17) is 4.84 Å². The van der Waals surface area contributed by atoms with Gasteiger partial charge in [-0.15, -0.1) is 5.10 Å². The largest absolute Gasteiger partial charge is 0.390 e. The van der Waals surface area contributed by atoms with Crippen LogP contribution in [-0.4, -0.2) is 20.9 Å². The van der Waals surface area contributed by atoms with Crippen molar-refractivity contribution in [2.75, 3.05) is 0 Å². The molecule has 1 aromatic carbocycles. The van der Waals surface area contributed by atoms with E-state index in [1.54, 1.807) is 0 Å². The SMILES string of the molecule is CC(C)(C)C(=O)c1cnnn1OCc1ccccc1. The first kappa shape index (κ1) is 13.3. The van der Waals surface area contributed by atoms with Crippen molar-refractivity contribution < 1.29 is 9.63 Å². The molecule has 0 saturated carbocycles. The molecular weight excluding hydrogens is 242 g/mol. The van der Waals surface area contributed by atoms with Gasteiger partial charge in [-0.1, -0.05) is 55.9 Å². The van der Waals surface area contributed by atoms with E-state index >= 15 is 0 Å². The Hall–Kier alpha value is -2.17. The maximum absolute atomic E-state index is 12.2. The molecule has 100 valence electrons. The van der Waals surface area contributed by atoms with Gasteiger partial charge < -0.3 is 4.84 Å². The van der Waals surface area contributed by atoms with E-state index < -0.39 is 5.41 Å². The van der Waals surface area contributed by atoms with Crippen molar-refractivity contribution in [2.45, 2.75) is 27.4 Å². The zero-order valence-corrected chi connectivity index (χ0v) is 11.3. The fourth-order valence-electron chi connectivity index (χ4n) is 1.56. The van der Waals surface area contributed by atoms with Crippen LogP contribution < -0.4 is 4.84 Å². The fraction of sp³-hybridized carbons (Fsp3) is 0.357. The van der Waals surface area contributed by atoms with Gasteiger partial charge in [-0.25, -0.2) is 0 Å². The molecule has 0 fully saturated rings. The van der Waals surface area contributed by atoms with E-state index in [0.717, 1.165) is 5.56 Å². The number of hydrogen-bond donors (Lipinski definition) is 0. The van der Waals surface area contributed by atoms with Gasteiger partial charge in [0.2, 0.25) is 0 Å². The molecule has 2 aromatic rings. The van der Waals surface area contributed by atoms with E-state index in [9.17, 15) is 4.79 Å². The molecule has 0 saturated heterocycles. The molecular formula is C14H17N3O2. The molecule has 0 atom stereocenters. The minimum absolute atomic E-state index is 0.0504. The van der Waals surface area contributed by atoms with Crippen LogP contribution >= 0.6 is 0 Å². The first-order valence-electron chi connectivity index (χ1n) is 6.11. The Bertz CT molecular complexity index is 556. The van der Waals surface area contributed by atoms with E-state index in [2.05, 4.69) is 10.3 Å². The van der Waals surface area contributed by atoms with Crippen LogP contribution in [0.25, 0.3) is 0 Å². The quantitative estimate of drug-likeness (QED) is 0.789. The molecule has 0 aliphatic carbocycles. The van der Waals surface area contributed by atoms with Crippen LogP contribution in [0, 0.1) is 5.41 Å². The standard InChI is InChI=1S/C14H17N3O2/c1-14(2,3)13(18)12-9-15-16-17(12)19-10-11-7-5-4-6-8-11/h4-9H,10H2,1-3H3. The molecule has 0 unspecified atom stereocenters. The number of Topliss-reactive ketones (excluding diaryl/α,β-unsaturated/α-hetero) is 1. The van der Waals surface area contributed by atoms with E-state index in [-0.39, 0.29) is 5.78 Å². The number of aromatic nitrogens is 3. The van der Waals surface area contributed by atoms with Crippen LogP contribution in [0.15, 0.2) is 36.5 Å². The van der Waals surface area contributed by atoms with Crippen molar-refractivity contribution in [2.24, 2.45) is 5.41 Å². The Kier molecular flexibility index (Phi) is 3.64. The lowest BCUT2D eigenvalue weighted by atomic mass is 9.89. The molecule has 0 radical (unpaired) electrons. The second-order valence-electron chi connectivity index (χ2n) is 5.33. The van der Waals surface area contributed by atoms with Crippen molar-refractivity contribution >= 4 is 5.78 Å². The average Bonchev–Trinajstić information content (AvgIpc) is 2.83. The normalized spacial score (nSPS) is 11.3. The van der Waals surface area contributed by atoms with Gasteiger partial charge in [-0.3, -0.25) is 4.79 Å².